The number of ether oxygens (including phenoxy) is 1. The van der Waals surface area contributed by atoms with Crippen molar-refractivity contribution in [3.63, 3.8) is 0 Å². The van der Waals surface area contributed by atoms with Gasteiger partial charge >= 0.3 is 0 Å². The second-order valence-electron chi connectivity index (χ2n) is 6.64. The maximum absolute atomic E-state index is 12.4. The molecule has 0 bridgehead atoms. The summed E-state index contributed by atoms with van der Waals surface area (Å²) in [5, 5.41) is 3.52. The molecule has 5 nitrogen and oxygen atoms in total. The SMILES string of the molecule is COc1cccc(Cc2cnc(NC(=O)Cc3ccc(-n4cccc4)cc3)s2)c1. The van der Waals surface area contributed by atoms with Crippen molar-refractivity contribution in [1.29, 1.82) is 0 Å². The fourth-order valence-electron chi connectivity index (χ4n) is 3.07. The first-order valence-corrected chi connectivity index (χ1v) is 10.1. The van der Waals surface area contributed by atoms with E-state index in [1.807, 2.05) is 77.8 Å². The summed E-state index contributed by atoms with van der Waals surface area (Å²) in [6, 6.07) is 19.9. The fourth-order valence-corrected chi connectivity index (χ4v) is 3.93. The van der Waals surface area contributed by atoms with Gasteiger partial charge in [0, 0.05) is 35.6 Å². The van der Waals surface area contributed by atoms with Crippen LogP contribution in [0.25, 0.3) is 5.69 Å². The predicted molar refractivity (Wildman–Crippen MR) is 116 cm³/mol. The van der Waals surface area contributed by atoms with Gasteiger partial charge in [-0.2, -0.15) is 0 Å². The third kappa shape index (κ3) is 4.92. The van der Waals surface area contributed by atoms with Crippen molar-refractivity contribution in [2.24, 2.45) is 0 Å². The highest BCUT2D eigenvalue weighted by Crippen LogP contribution is 2.23. The van der Waals surface area contributed by atoms with Gasteiger partial charge in [0.25, 0.3) is 0 Å². The van der Waals surface area contributed by atoms with Gasteiger partial charge in [-0.1, -0.05) is 24.3 Å². The summed E-state index contributed by atoms with van der Waals surface area (Å²) in [7, 11) is 1.66. The number of hydrogen-bond acceptors (Lipinski definition) is 4. The molecule has 0 unspecified atom stereocenters. The average Bonchev–Trinajstić information content (AvgIpc) is 3.41. The number of aromatic nitrogens is 2. The number of benzene rings is 2. The Kier molecular flexibility index (Phi) is 5.72. The highest BCUT2D eigenvalue weighted by atomic mass is 32.1. The first-order valence-electron chi connectivity index (χ1n) is 9.29. The van der Waals surface area contributed by atoms with Crippen LogP contribution in [0.4, 0.5) is 5.13 Å². The van der Waals surface area contributed by atoms with E-state index in [0.717, 1.165) is 33.9 Å². The van der Waals surface area contributed by atoms with Gasteiger partial charge in [-0.05, 0) is 47.5 Å². The van der Waals surface area contributed by atoms with E-state index in [2.05, 4.69) is 16.4 Å². The van der Waals surface area contributed by atoms with Crippen molar-refractivity contribution in [3.8, 4) is 11.4 Å². The number of hydrogen-bond donors (Lipinski definition) is 1. The third-order valence-corrected chi connectivity index (χ3v) is 5.43. The smallest absolute Gasteiger partial charge is 0.230 e. The van der Waals surface area contributed by atoms with Gasteiger partial charge in [-0.3, -0.25) is 4.79 Å². The molecule has 0 aliphatic heterocycles. The molecule has 0 saturated heterocycles. The number of nitrogens with zero attached hydrogens (tertiary/aromatic N) is 2. The van der Waals surface area contributed by atoms with Gasteiger partial charge in [0.05, 0.1) is 13.5 Å². The molecule has 0 atom stereocenters. The molecule has 2 aromatic heterocycles. The molecule has 0 spiro atoms. The molecule has 4 aromatic rings. The number of carbonyl (C=O) groups excluding carboxylic acids is 1. The van der Waals surface area contributed by atoms with Gasteiger partial charge in [0.2, 0.25) is 5.91 Å². The number of anilines is 1. The Bertz CT molecular complexity index is 1090. The lowest BCUT2D eigenvalue weighted by molar-refractivity contribution is -0.115. The van der Waals surface area contributed by atoms with E-state index in [4.69, 9.17) is 4.74 Å². The molecular weight excluding hydrogens is 382 g/mol. The first-order chi connectivity index (χ1) is 14.2. The van der Waals surface area contributed by atoms with Crippen molar-refractivity contribution in [2.45, 2.75) is 12.8 Å². The molecule has 2 aromatic carbocycles. The summed E-state index contributed by atoms with van der Waals surface area (Å²) in [5.74, 6) is 0.768. The van der Waals surface area contributed by atoms with Gasteiger partial charge in [0.1, 0.15) is 5.75 Å². The number of thiazole rings is 1. The topological polar surface area (TPSA) is 56.1 Å². The van der Waals surface area contributed by atoms with Crippen LogP contribution >= 0.6 is 11.3 Å². The average molecular weight is 404 g/mol. The zero-order chi connectivity index (χ0) is 20.1. The summed E-state index contributed by atoms with van der Waals surface area (Å²) in [5.41, 5.74) is 3.18. The highest BCUT2D eigenvalue weighted by Gasteiger charge is 2.09. The van der Waals surface area contributed by atoms with Crippen LogP contribution in [0.2, 0.25) is 0 Å². The Morgan fingerprint density at radius 1 is 1.07 bits per heavy atom. The Hall–Kier alpha value is -3.38. The zero-order valence-electron chi connectivity index (χ0n) is 16.0. The largest absolute Gasteiger partial charge is 0.497 e. The minimum Gasteiger partial charge on any atom is -0.497 e. The molecule has 0 aliphatic carbocycles. The number of rotatable bonds is 7. The van der Waals surface area contributed by atoms with Crippen LogP contribution in [0.5, 0.6) is 5.75 Å². The van der Waals surface area contributed by atoms with E-state index in [1.54, 1.807) is 7.11 Å². The van der Waals surface area contributed by atoms with Crippen molar-refractivity contribution in [2.75, 3.05) is 12.4 Å². The molecule has 6 heteroatoms. The van der Waals surface area contributed by atoms with Crippen LogP contribution in [-0.4, -0.2) is 22.6 Å². The van der Waals surface area contributed by atoms with E-state index in [-0.39, 0.29) is 5.91 Å². The van der Waals surface area contributed by atoms with E-state index < -0.39 is 0 Å². The summed E-state index contributed by atoms with van der Waals surface area (Å²) in [4.78, 5) is 17.8. The normalized spacial score (nSPS) is 10.7. The van der Waals surface area contributed by atoms with Gasteiger partial charge in [-0.15, -0.1) is 11.3 Å². The number of methoxy groups -OCH3 is 1. The van der Waals surface area contributed by atoms with Crippen LogP contribution in [0, 0.1) is 0 Å². The summed E-state index contributed by atoms with van der Waals surface area (Å²) < 4.78 is 7.30. The number of amides is 1. The maximum Gasteiger partial charge on any atom is 0.230 e. The van der Waals surface area contributed by atoms with E-state index in [0.29, 0.717) is 11.6 Å². The number of nitrogens with one attached hydrogen (secondary N) is 1. The van der Waals surface area contributed by atoms with Crippen LogP contribution in [0.3, 0.4) is 0 Å². The van der Waals surface area contributed by atoms with Crippen molar-refractivity contribution >= 4 is 22.4 Å². The second-order valence-corrected chi connectivity index (χ2v) is 7.76. The minimum atomic E-state index is -0.0685. The van der Waals surface area contributed by atoms with Crippen molar-refractivity contribution < 1.29 is 9.53 Å². The van der Waals surface area contributed by atoms with E-state index in [1.165, 1.54) is 11.3 Å². The first kappa shape index (κ1) is 19.0. The third-order valence-electron chi connectivity index (χ3n) is 4.52. The van der Waals surface area contributed by atoms with Crippen molar-refractivity contribution in [3.05, 3.63) is 95.3 Å². The molecule has 0 aliphatic rings. The quantitative estimate of drug-likeness (QED) is 0.486. The molecule has 0 fully saturated rings. The lowest BCUT2D eigenvalue weighted by atomic mass is 10.1. The molecule has 0 radical (unpaired) electrons. The summed E-state index contributed by atoms with van der Waals surface area (Å²) in [6.45, 7) is 0. The van der Waals surface area contributed by atoms with Crippen LogP contribution in [0.1, 0.15) is 16.0 Å². The van der Waals surface area contributed by atoms with Gasteiger partial charge in [-0.25, -0.2) is 4.98 Å². The lowest BCUT2D eigenvalue weighted by Crippen LogP contribution is -2.14. The Morgan fingerprint density at radius 2 is 1.86 bits per heavy atom. The van der Waals surface area contributed by atoms with Gasteiger partial charge < -0.3 is 14.6 Å². The highest BCUT2D eigenvalue weighted by molar-refractivity contribution is 7.15. The van der Waals surface area contributed by atoms with Crippen LogP contribution in [-0.2, 0) is 17.6 Å². The summed E-state index contributed by atoms with van der Waals surface area (Å²) >= 11 is 1.49. The molecule has 146 valence electrons. The number of carbonyl (C=O) groups is 1. The van der Waals surface area contributed by atoms with E-state index >= 15 is 0 Å². The van der Waals surface area contributed by atoms with Crippen LogP contribution < -0.4 is 10.1 Å². The minimum absolute atomic E-state index is 0.0685. The fraction of sp³-hybridized carbons (Fsp3) is 0.130. The zero-order valence-corrected chi connectivity index (χ0v) is 16.9. The maximum atomic E-state index is 12.4. The Balaban J connectivity index is 1.34. The molecule has 0 saturated carbocycles. The molecule has 4 rings (SSSR count). The van der Waals surface area contributed by atoms with E-state index in [9.17, 15) is 4.79 Å². The molecule has 1 amide bonds. The predicted octanol–water partition coefficient (Wildman–Crippen LogP) is 4.71. The molecular formula is C23H21N3O2S. The second kappa shape index (κ2) is 8.75. The molecule has 1 N–H and O–H groups in total. The van der Waals surface area contributed by atoms with Crippen molar-refractivity contribution in [1.82, 2.24) is 9.55 Å². The summed E-state index contributed by atoms with van der Waals surface area (Å²) in [6.07, 6.45) is 6.87. The molecule has 29 heavy (non-hydrogen) atoms. The van der Waals surface area contributed by atoms with Gasteiger partial charge in [0.15, 0.2) is 5.13 Å². The standard InChI is InChI=1S/C23H21N3O2S/c1-28-20-6-4-5-18(13-20)14-21-16-24-23(29-21)25-22(27)15-17-7-9-19(10-8-17)26-11-2-3-12-26/h2-13,16H,14-15H2,1H3,(H,24,25,27). The monoisotopic (exact) mass is 403 g/mol. The lowest BCUT2D eigenvalue weighted by Gasteiger charge is -2.05. The molecule has 2 heterocycles. The van der Waals surface area contributed by atoms with Crippen LogP contribution in [0.15, 0.2) is 79.3 Å². The Morgan fingerprint density at radius 3 is 2.62 bits per heavy atom. The Labute approximate surface area is 173 Å².